The second-order valence-corrected chi connectivity index (χ2v) is 9.31. The number of sulfonamides is 1. The van der Waals surface area contributed by atoms with Crippen LogP contribution in [0.25, 0.3) is 10.8 Å². The normalized spacial score (nSPS) is 17.9. The molecule has 0 bridgehead atoms. The van der Waals surface area contributed by atoms with Crippen LogP contribution in [0.5, 0.6) is 0 Å². The number of hydrogen-bond acceptors (Lipinski definition) is 3. The van der Waals surface area contributed by atoms with Crippen LogP contribution in [0.3, 0.4) is 0 Å². The summed E-state index contributed by atoms with van der Waals surface area (Å²) >= 11 is 0. The van der Waals surface area contributed by atoms with Gasteiger partial charge in [-0.25, -0.2) is 13.1 Å². The summed E-state index contributed by atoms with van der Waals surface area (Å²) in [5, 5.41) is 2.26. The molecule has 1 aliphatic carbocycles. The van der Waals surface area contributed by atoms with Crippen LogP contribution in [0.4, 0.5) is 5.69 Å². The van der Waals surface area contributed by atoms with Gasteiger partial charge in [-0.05, 0) is 46.2 Å². The Labute approximate surface area is 176 Å². The Hall–Kier alpha value is -3.15. The number of likely N-dealkylation sites (N-methyl/N-ethyl adjacent to an activating group) is 1. The Morgan fingerprint density at radius 3 is 2.00 bits per heavy atom. The third-order valence-electron chi connectivity index (χ3n) is 5.85. The molecule has 0 heterocycles. The van der Waals surface area contributed by atoms with Gasteiger partial charge in [0.2, 0.25) is 10.0 Å². The molecular weight excluding hydrogens is 392 g/mol. The predicted octanol–water partition coefficient (Wildman–Crippen LogP) is 5.05. The summed E-state index contributed by atoms with van der Waals surface area (Å²) in [6, 6.07) is 30.4. The number of nitrogens with one attached hydrogen (secondary N) is 1. The molecule has 0 amide bonds. The van der Waals surface area contributed by atoms with E-state index in [1.165, 1.54) is 0 Å². The number of rotatable bonds is 5. The summed E-state index contributed by atoms with van der Waals surface area (Å²) in [5.41, 5.74) is 3.18. The zero-order valence-electron chi connectivity index (χ0n) is 16.6. The Balaban J connectivity index is 1.65. The molecule has 0 saturated carbocycles. The molecule has 150 valence electrons. The van der Waals surface area contributed by atoms with E-state index in [2.05, 4.69) is 27.8 Å². The van der Waals surface area contributed by atoms with Crippen molar-refractivity contribution in [1.82, 2.24) is 4.72 Å². The number of hydrogen-bond donors (Lipinski definition) is 1. The van der Waals surface area contributed by atoms with Crippen molar-refractivity contribution >= 4 is 26.5 Å². The minimum atomic E-state index is -3.68. The summed E-state index contributed by atoms with van der Waals surface area (Å²) in [5.74, 6) is 0. The zero-order valence-corrected chi connectivity index (χ0v) is 17.4. The zero-order chi connectivity index (χ0) is 20.7. The Morgan fingerprint density at radius 1 is 0.733 bits per heavy atom. The lowest BCUT2D eigenvalue weighted by Gasteiger charge is -2.33. The van der Waals surface area contributed by atoms with Gasteiger partial charge in [0.05, 0.1) is 17.0 Å². The molecule has 4 aromatic rings. The van der Waals surface area contributed by atoms with Crippen molar-refractivity contribution in [3.8, 4) is 0 Å². The number of benzene rings is 4. The molecule has 0 radical (unpaired) electrons. The maximum Gasteiger partial charge on any atom is 0.241 e. The van der Waals surface area contributed by atoms with Crippen molar-refractivity contribution in [3.63, 3.8) is 0 Å². The Bertz CT molecular complexity index is 1300. The smallest absolute Gasteiger partial charge is 0.241 e. The van der Waals surface area contributed by atoms with Gasteiger partial charge in [-0.15, -0.1) is 0 Å². The van der Waals surface area contributed by atoms with Gasteiger partial charge in [0, 0.05) is 12.7 Å². The SMILES string of the molecule is CN(c1ccccc1)[C@@H]1c2cccc3cccc(c23)[C@H]1NS(=O)(=O)c1ccccc1. The van der Waals surface area contributed by atoms with E-state index in [1.54, 1.807) is 24.3 Å². The van der Waals surface area contributed by atoms with Gasteiger partial charge in [-0.3, -0.25) is 0 Å². The molecule has 5 rings (SSSR count). The van der Waals surface area contributed by atoms with E-state index in [1.807, 2.05) is 61.6 Å². The highest BCUT2D eigenvalue weighted by Crippen LogP contribution is 2.48. The van der Waals surface area contributed by atoms with Gasteiger partial charge in [-0.1, -0.05) is 72.8 Å². The molecule has 2 atom stereocenters. The van der Waals surface area contributed by atoms with Crippen LogP contribution in [-0.2, 0) is 10.0 Å². The van der Waals surface area contributed by atoms with Gasteiger partial charge in [0.25, 0.3) is 0 Å². The van der Waals surface area contributed by atoms with Crippen LogP contribution in [0, 0.1) is 0 Å². The predicted molar refractivity (Wildman–Crippen MR) is 121 cm³/mol. The van der Waals surface area contributed by atoms with E-state index in [4.69, 9.17) is 0 Å². The lowest BCUT2D eigenvalue weighted by Crippen LogP contribution is -2.37. The monoisotopic (exact) mass is 414 g/mol. The van der Waals surface area contributed by atoms with Crippen LogP contribution >= 0.6 is 0 Å². The minimum absolute atomic E-state index is 0.160. The molecule has 0 aromatic heterocycles. The fourth-order valence-corrected chi connectivity index (χ4v) is 5.72. The Kier molecular flexibility index (Phi) is 4.57. The first-order valence-corrected chi connectivity index (χ1v) is 11.4. The average Bonchev–Trinajstić information content (AvgIpc) is 3.09. The minimum Gasteiger partial charge on any atom is -0.366 e. The van der Waals surface area contributed by atoms with Gasteiger partial charge in [-0.2, -0.15) is 0 Å². The molecule has 5 heteroatoms. The second-order valence-electron chi connectivity index (χ2n) is 7.60. The molecular formula is C25H22N2O2S. The maximum atomic E-state index is 13.2. The standard InChI is InChI=1S/C25H22N2O2S/c1-27(19-12-4-2-5-13-19)25-22-17-9-11-18-10-8-16-21(23(18)22)24(25)26-30(28,29)20-14-6-3-7-15-20/h2-17,24-26H,1H3/t24-,25-/m1/s1. The van der Waals surface area contributed by atoms with Gasteiger partial charge in [0.15, 0.2) is 0 Å². The topological polar surface area (TPSA) is 49.4 Å². The molecule has 0 aliphatic heterocycles. The van der Waals surface area contributed by atoms with Gasteiger partial charge >= 0.3 is 0 Å². The van der Waals surface area contributed by atoms with Crippen molar-refractivity contribution in [3.05, 3.63) is 108 Å². The van der Waals surface area contributed by atoms with E-state index in [0.29, 0.717) is 0 Å². The lowest BCUT2D eigenvalue weighted by molar-refractivity contribution is 0.505. The number of para-hydroxylation sites is 1. The number of nitrogens with zero attached hydrogens (tertiary/aromatic N) is 1. The van der Waals surface area contributed by atoms with E-state index in [-0.39, 0.29) is 10.9 Å². The highest BCUT2D eigenvalue weighted by Gasteiger charge is 2.39. The second kappa shape index (κ2) is 7.27. The van der Waals surface area contributed by atoms with E-state index < -0.39 is 16.1 Å². The van der Waals surface area contributed by atoms with Crippen molar-refractivity contribution in [2.45, 2.75) is 17.0 Å². The summed E-state index contributed by atoms with van der Waals surface area (Å²) in [7, 11) is -1.66. The summed E-state index contributed by atoms with van der Waals surface area (Å²) in [4.78, 5) is 2.43. The van der Waals surface area contributed by atoms with Gasteiger partial charge in [0.1, 0.15) is 0 Å². The summed E-state index contributed by atoms with van der Waals surface area (Å²) in [6.07, 6.45) is 0. The third-order valence-corrected chi connectivity index (χ3v) is 7.31. The first-order chi connectivity index (χ1) is 14.6. The van der Waals surface area contributed by atoms with Crippen molar-refractivity contribution in [1.29, 1.82) is 0 Å². The molecule has 4 aromatic carbocycles. The summed E-state index contributed by atoms with van der Waals surface area (Å²) in [6.45, 7) is 0. The van der Waals surface area contributed by atoms with Gasteiger partial charge < -0.3 is 4.90 Å². The molecule has 0 unspecified atom stereocenters. The number of anilines is 1. The van der Waals surface area contributed by atoms with Crippen LogP contribution in [0.1, 0.15) is 23.2 Å². The van der Waals surface area contributed by atoms with Crippen LogP contribution < -0.4 is 9.62 Å². The van der Waals surface area contributed by atoms with Crippen LogP contribution in [0.2, 0.25) is 0 Å². The highest BCUT2D eigenvalue weighted by molar-refractivity contribution is 7.89. The molecule has 4 nitrogen and oxygen atoms in total. The van der Waals surface area contributed by atoms with Crippen molar-refractivity contribution in [2.75, 3.05) is 11.9 Å². The van der Waals surface area contributed by atoms with Crippen molar-refractivity contribution in [2.24, 2.45) is 0 Å². The molecule has 0 fully saturated rings. The van der Waals surface area contributed by atoms with Crippen LogP contribution in [-0.4, -0.2) is 15.5 Å². The average molecular weight is 415 g/mol. The highest BCUT2D eigenvalue weighted by atomic mass is 32.2. The molecule has 0 saturated heterocycles. The maximum absolute atomic E-state index is 13.2. The van der Waals surface area contributed by atoms with E-state index in [9.17, 15) is 8.42 Å². The first kappa shape index (κ1) is 18.9. The van der Waals surface area contributed by atoms with Crippen molar-refractivity contribution < 1.29 is 8.42 Å². The quantitative estimate of drug-likeness (QED) is 0.497. The first-order valence-electron chi connectivity index (χ1n) is 9.93. The molecule has 1 N–H and O–H groups in total. The lowest BCUT2D eigenvalue weighted by atomic mass is 10.0. The fourth-order valence-electron chi connectivity index (χ4n) is 4.47. The molecule has 0 spiro atoms. The molecule has 30 heavy (non-hydrogen) atoms. The van der Waals surface area contributed by atoms with E-state index >= 15 is 0 Å². The largest absolute Gasteiger partial charge is 0.366 e. The fraction of sp³-hybridized carbons (Fsp3) is 0.120. The Morgan fingerprint density at radius 2 is 1.33 bits per heavy atom. The third kappa shape index (κ3) is 3.07. The summed E-state index contributed by atoms with van der Waals surface area (Å²) < 4.78 is 29.5. The van der Waals surface area contributed by atoms with E-state index in [0.717, 1.165) is 27.6 Å². The molecule has 1 aliphatic rings. The van der Waals surface area contributed by atoms with Crippen LogP contribution in [0.15, 0.2) is 102 Å².